The molecule has 1 atom stereocenters. The zero-order valence-electron chi connectivity index (χ0n) is 15.2. The normalized spacial score (nSPS) is 17.1. The van der Waals surface area contributed by atoms with Crippen LogP contribution in [0.5, 0.6) is 0 Å². The summed E-state index contributed by atoms with van der Waals surface area (Å²) in [5, 5.41) is 14.7. The topological polar surface area (TPSA) is 110 Å². The number of aryl methyl sites for hydroxylation is 2. The smallest absolute Gasteiger partial charge is 0.321 e. The van der Waals surface area contributed by atoms with Gasteiger partial charge in [0.05, 0.1) is 0 Å². The monoisotopic (exact) mass is 368 g/mol. The van der Waals surface area contributed by atoms with Crippen LogP contribution in [0.1, 0.15) is 36.4 Å². The van der Waals surface area contributed by atoms with Crippen LogP contribution in [0, 0.1) is 13.8 Å². The number of aromatic nitrogens is 4. The Bertz CT molecular complexity index is 933. The summed E-state index contributed by atoms with van der Waals surface area (Å²) in [7, 11) is 0. The van der Waals surface area contributed by atoms with Crippen molar-refractivity contribution in [1.29, 1.82) is 0 Å². The lowest BCUT2D eigenvalue weighted by Gasteiger charge is -2.31. The van der Waals surface area contributed by atoms with Crippen LogP contribution in [-0.4, -0.2) is 44.4 Å². The van der Waals surface area contributed by atoms with Gasteiger partial charge in [-0.25, -0.2) is 4.79 Å². The first-order chi connectivity index (χ1) is 13.1. The minimum atomic E-state index is -0.138. The first-order valence-electron chi connectivity index (χ1n) is 8.85. The van der Waals surface area contributed by atoms with Gasteiger partial charge in [-0.1, -0.05) is 5.16 Å². The standard InChI is InChI=1S/C18H20N6O3/c1-11-19-16(23-27-11)14-4-3-9-24(10-14)18(25)20-15-7-5-13(6-8-15)17-22-21-12(2)26-17/h5-8,14H,3-4,9-10H2,1-2H3,(H,20,25)/t14-/m0/s1. The average molecular weight is 368 g/mol. The fourth-order valence-corrected chi connectivity index (χ4v) is 3.17. The zero-order chi connectivity index (χ0) is 18.8. The number of carbonyl (C=O) groups excluding carboxylic acids is 1. The molecule has 140 valence electrons. The molecule has 2 amide bonds. The van der Waals surface area contributed by atoms with Crippen LogP contribution in [0.25, 0.3) is 11.5 Å². The Morgan fingerprint density at radius 1 is 1.19 bits per heavy atom. The molecule has 2 aromatic heterocycles. The third kappa shape index (κ3) is 3.81. The number of hydrogen-bond donors (Lipinski definition) is 1. The summed E-state index contributed by atoms with van der Waals surface area (Å²) in [6.07, 6.45) is 1.85. The molecule has 4 rings (SSSR count). The van der Waals surface area contributed by atoms with E-state index in [1.807, 2.05) is 24.3 Å². The summed E-state index contributed by atoms with van der Waals surface area (Å²) >= 11 is 0. The van der Waals surface area contributed by atoms with E-state index in [1.54, 1.807) is 18.7 Å². The molecule has 9 heteroatoms. The van der Waals surface area contributed by atoms with Gasteiger partial charge in [0.2, 0.25) is 17.7 Å². The quantitative estimate of drug-likeness (QED) is 0.756. The van der Waals surface area contributed by atoms with Crippen LogP contribution >= 0.6 is 0 Å². The molecule has 0 bridgehead atoms. The molecule has 0 radical (unpaired) electrons. The molecule has 0 aliphatic carbocycles. The molecule has 1 aliphatic rings. The van der Waals surface area contributed by atoms with Gasteiger partial charge in [0, 0.05) is 44.1 Å². The van der Waals surface area contributed by atoms with Crippen molar-refractivity contribution in [3.05, 3.63) is 41.9 Å². The number of likely N-dealkylation sites (tertiary alicyclic amines) is 1. The van der Waals surface area contributed by atoms with Crippen molar-refractivity contribution in [2.24, 2.45) is 0 Å². The first-order valence-corrected chi connectivity index (χ1v) is 8.85. The van der Waals surface area contributed by atoms with Crippen molar-refractivity contribution in [2.75, 3.05) is 18.4 Å². The van der Waals surface area contributed by atoms with Gasteiger partial charge >= 0.3 is 6.03 Å². The third-order valence-electron chi connectivity index (χ3n) is 4.53. The third-order valence-corrected chi connectivity index (χ3v) is 4.53. The summed E-state index contributed by atoms with van der Waals surface area (Å²) in [6, 6.07) is 7.17. The molecule has 1 saturated heterocycles. The molecule has 1 aromatic carbocycles. The average Bonchev–Trinajstić information content (AvgIpc) is 3.31. The molecular weight excluding hydrogens is 348 g/mol. The molecule has 9 nitrogen and oxygen atoms in total. The minimum Gasteiger partial charge on any atom is -0.421 e. The Morgan fingerprint density at radius 2 is 2.00 bits per heavy atom. The molecule has 1 N–H and O–H groups in total. The Kier molecular flexibility index (Phi) is 4.57. The van der Waals surface area contributed by atoms with E-state index >= 15 is 0 Å². The van der Waals surface area contributed by atoms with E-state index in [0.29, 0.717) is 42.3 Å². The highest BCUT2D eigenvalue weighted by atomic mass is 16.5. The number of nitrogens with zero attached hydrogens (tertiary/aromatic N) is 5. The summed E-state index contributed by atoms with van der Waals surface area (Å²) in [4.78, 5) is 18.7. The molecule has 1 fully saturated rings. The number of piperidine rings is 1. The van der Waals surface area contributed by atoms with Gasteiger partial charge in [0.25, 0.3) is 0 Å². The summed E-state index contributed by atoms with van der Waals surface area (Å²) in [5.74, 6) is 2.29. The van der Waals surface area contributed by atoms with Gasteiger partial charge in [-0.15, -0.1) is 10.2 Å². The second-order valence-electron chi connectivity index (χ2n) is 6.59. The first kappa shape index (κ1) is 17.2. The van der Waals surface area contributed by atoms with Gasteiger partial charge < -0.3 is 19.2 Å². The number of nitrogens with one attached hydrogen (secondary N) is 1. The molecule has 0 saturated carbocycles. The van der Waals surface area contributed by atoms with Crippen molar-refractivity contribution < 1.29 is 13.7 Å². The summed E-state index contributed by atoms with van der Waals surface area (Å²) in [5.41, 5.74) is 1.51. The van der Waals surface area contributed by atoms with Crippen LogP contribution < -0.4 is 5.32 Å². The van der Waals surface area contributed by atoms with Crippen molar-refractivity contribution >= 4 is 11.7 Å². The maximum Gasteiger partial charge on any atom is 0.321 e. The van der Waals surface area contributed by atoms with E-state index in [1.165, 1.54) is 0 Å². The van der Waals surface area contributed by atoms with E-state index < -0.39 is 0 Å². The minimum absolute atomic E-state index is 0.102. The van der Waals surface area contributed by atoms with Crippen LogP contribution in [0.2, 0.25) is 0 Å². The summed E-state index contributed by atoms with van der Waals surface area (Å²) in [6.45, 7) is 4.79. The van der Waals surface area contributed by atoms with E-state index in [4.69, 9.17) is 8.94 Å². The van der Waals surface area contributed by atoms with Crippen molar-refractivity contribution in [3.63, 3.8) is 0 Å². The molecule has 0 spiro atoms. The largest absolute Gasteiger partial charge is 0.421 e. The SMILES string of the molecule is Cc1nc([C@H]2CCCN(C(=O)Nc3ccc(-c4nnc(C)o4)cc3)C2)no1. The molecule has 27 heavy (non-hydrogen) atoms. The number of rotatable bonds is 3. The van der Waals surface area contributed by atoms with E-state index in [-0.39, 0.29) is 11.9 Å². The Labute approximate surface area is 155 Å². The van der Waals surface area contributed by atoms with Gasteiger partial charge in [-0.2, -0.15) is 4.98 Å². The second kappa shape index (κ2) is 7.18. The fraction of sp³-hybridized carbons (Fsp3) is 0.389. The zero-order valence-corrected chi connectivity index (χ0v) is 15.2. The molecule has 3 heterocycles. The van der Waals surface area contributed by atoms with Gasteiger partial charge in [0.15, 0.2) is 5.82 Å². The Morgan fingerprint density at radius 3 is 2.67 bits per heavy atom. The second-order valence-corrected chi connectivity index (χ2v) is 6.59. The van der Waals surface area contributed by atoms with Crippen LogP contribution in [0.3, 0.4) is 0 Å². The van der Waals surface area contributed by atoms with Crippen molar-refractivity contribution in [2.45, 2.75) is 32.6 Å². The Balaban J connectivity index is 1.39. The van der Waals surface area contributed by atoms with Gasteiger partial charge in [-0.05, 0) is 37.1 Å². The fourth-order valence-electron chi connectivity index (χ4n) is 3.17. The summed E-state index contributed by atoms with van der Waals surface area (Å²) < 4.78 is 10.5. The predicted molar refractivity (Wildman–Crippen MR) is 96.1 cm³/mol. The van der Waals surface area contributed by atoms with E-state index in [9.17, 15) is 4.79 Å². The predicted octanol–water partition coefficient (Wildman–Crippen LogP) is 3.15. The number of anilines is 1. The maximum atomic E-state index is 12.6. The maximum absolute atomic E-state index is 12.6. The number of hydrogen-bond acceptors (Lipinski definition) is 7. The van der Waals surface area contributed by atoms with E-state index in [0.717, 1.165) is 18.4 Å². The van der Waals surface area contributed by atoms with Crippen molar-refractivity contribution in [3.8, 4) is 11.5 Å². The van der Waals surface area contributed by atoms with Crippen LogP contribution in [0.4, 0.5) is 10.5 Å². The highest BCUT2D eigenvalue weighted by Gasteiger charge is 2.27. The lowest BCUT2D eigenvalue weighted by atomic mass is 9.98. The van der Waals surface area contributed by atoms with E-state index in [2.05, 4.69) is 25.7 Å². The van der Waals surface area contributed by atoms with Gasteiger partial charge in [0.1, 0.15) is 0 Å². The van der Waals surface area contributed by atoms with Crippen LogP contribution in [-0.2, 0) is 0 Å². The Hall–Kier alpha value is -3.23. The number of carbonyl (C=O) groups is 1. The lowest BCUT2D eigenvalue weighted by Crippen LogP contribution is -2.41. The van der Waals surface area contributed by atoms with Gasteiger partial charge in [-0.3, -0.25) is 0 Å². The molecular formula is C18H20N6O3. The highest BCUT2D eigenvalue weighted by Crippen LogP contribution is 2.26. The number of amides is 2. The lowest BCUT2D eigenvalue weighted by molar-refractivity contribution is 0.190. The number of urea groups is 1. The van der Waals surface area contributed by atoms with Crippen LogP contribution in [0.15, 0.2) is 33.2 Å². The number of benzene rings is 1. The molecule has 1 aliphatic heterocycles. The highest BCUT2D eigenvalue weighted by molar-refractivity contribution is 5.89. The van der Waals surface area contributed by atoms with Crippen molar-refractivity contribution in [1.82, 2.24) is 25.2 Å². The molecule has 3 aromatic rings. The molecule has 0 unspecified atom stereocenters.